The monoisotopic (exact) mass is 412 g/mol. The molecule has 1 atom stereocenters. The molecule has 158 valence electrons. The van der Waals surface area contributed by atoms with Crippen molar-refractivity contribution in [3.63, 3.8) is 0 Å². The van der Waals surface area contributed by atoms with Crippen molar-refractivity contribution in [2.75, 3.05) is 0 Å². The number of amides is 3. The van der Waals surface area contributed by atoms with Crippen LogP contribution in [0.5, 0.6) is 0 Å². The maximum Gasteiger partial charge on any atom is 0.408 e. The van der Waals surface area contributed by atoms with E-state index in [0.29, 0.717) is 0 Å². The second-order valence-corrected chi connectivity index (χ2v) is 6.50. The van der Waals surface area contributed by atoms with Gasteiger partial charge in [-0.15, -0.1) is 0 Å². The van der Waals surface area contributed by atoms with Crippen molar-refractivity contribution in [3.05, 3.63) is 71.8 Å². The fourth-order valence-electron chi connectivity index (χ4n) is 2.52. The van der Waals surface area contributed by atoms with Crippen LogP contribution in [-0.2, 0) is 37.1 Å². The van der Waals surface area contributed by atoms with E-state index in [4.69, 9.17) is 9.47 Å². The Labute approximate surface area is 174 Å². The van der Waals surface area contributed by atoms with Crippen molar-refractivity contribution in [1.82, 2.24) is 10.6 Å². The molecule has 1 unspecified atom stereocenters. The Morgan fingerprint density at radius 1 is 0.833 bits per heavy atom. The molecule has 0 aromatic heterocycles. The first-order chi connectivity index (χ1) is 14.4. The fourth-order valence-corrected chi connectivity index (χ4v) is 2.52. The first kappa shape index (κ1) is 22.6. The van der Waals surface area contributed by atoms with Gasteiger partial charge in [-0.1, -0.05) is 60.7 Å². The van der Waals surface area contributed by atoms with E-state index in [0.717, 1.165) is 11.1 Å². The minimum Gasteiger partial charge on any atom is -0.459 e. The van der Waals surface area contributed by atoms with E-state index in [-0.39, 0.29) is 26.1 Å². The molecule has 8 nitrogen and oxygen atoms in total. The van der Waals surface area contributed by atoms with Gasteiger partial charge in [0.1, 0.15) is 19.3 Å². The van der Waals surface area contributed by atoms with Gasteiger partial charge in [0.15, 0.2) is 0 Å². The number of rotatable bonds is 9. The molecule has 0 aliphatic heterocycles. The molecule has 0 heterocycles. The number of alkyl carbamates (subject to hydrolysis) is 1. The molecule has 0 bridgehead atoms. The molecule has 0 aliphatic rings. The second kappa shape index (κ2) is 12.0. The molecule has 0 spiro atoms. The van der Waals surface area contributed by atoms with E-state index in [1.807, 2.05) is 36.4 Å². The van der Waals surface area contributed by atoms with Gasteiger partial charge in [0.25, 0.3) is 0 Å². The van der Waals surface area contributed by atoms with Crippen molar-refractivity contribution in [3.8, 4) is 0 Å². The highest BCUT2D eigenvalue weighted by atomic mass is 16.6. The predicted octanol–water partition coefficient (Wildman–Crippen LogP) is 2.47. The van der Waals surface area contributed by atoms with Crippen molar-refractivity contribution in [2.45, 2.75) is 39.0 Å². The highest BCUT2D eigenvalue weighted by Crippen LogP contribution is 2.07. The summed E-state index contributed by atoms with van der Waals surface area (Å²) in [4.78, 5) is 47.3. The van der Waals surface area contributed by atoms with Crippen LogP contribution in [0.3, 0.4) is 0 Å². The number of nitrogens with one attached hydrogen (secondary N) is 2. The SMILES string of the molecule is CC(=O)NC(=O)CCC(NC(=O)OCc1ccccc1)C(=O)OCc1ccccc1. The van der Waals surface area contributed by atoms with Gasteiger partial charge in [0.05, 0.1) is 0 Å². The Kier molecular flexibility index (Phi) is 9.05. The van der Waals surface area contributed by atoms with Gasteiger partial charge in [-0.05, 0) is 17.5 Å². The van der Waals surface area contributed by atoms with E-state index in [2.05, 4.69) is 10.6 Å². The summed E-state index contributed by atoms with van der Waals surface area (Å²) in [5.41, 5.74) is 1.57. The molecule has 0 saturated heterocycles. The summed E-state index contributed by atoms with van der Waals surface area (Å²) in [5.74, 6) is -1.76. The Bertz CT molecular complexity index is 854. The van der Waals surface area contributed by atoms with Gasteiger partial charge in [-0.25, -0.2) is 9.59 Å². The molecular weight excluding hydrogens is 388 g/mol. The molecule has 0 fully saturated rings. The van der Waals surface area contributed by atoms with Crippen LogP contribution in [-0.4, -0.2) is 29.9 Å². The average Bonchev–Trinajstić information content (AvgIpc) is 2.74. The Morgan fingerprint density at radius 2 is 1.37 bits per heavy atom. The molecule has 0 radical (unpaired) electrons. The van der Waals surface area contributed by atoms with Gasteiger partial charge >= 0.3 is 12.1 Å². The van der Waals surface area contributed by atoms with Crippen LogP contribution in [0.4, 0.5) is 4.79 Å². The Morgan fingerprint density at radius 3 is 1.90 bits per heavy atom. The van der Waals surface area contributed by atoms with Crippen molar-refractivity contribution < 1.29 is 28.7 Å². The lowest BCUT2D eigenvalue weighted by molar-refractivity contribution is -0.147. The van der Waals surface area contributed by atoms with E-state index < -0.39 is 29.9 Å². The van der Waals surface area contributed by atoms with Gasteiger partial charge in [-0.3, -0.25) is 14.9 Å². The summed E-state index contributed by atoms with van der Waals surface area (Å²) < 4.78 is 10.4. The summed E-state index contributed by atoms with van der Waals surface area (Å²) >= 11 is 0. The van der Waals surface area contributed by atoms with Gasteiger partial charge in [0, 0.05) is 13.3 Å². The lowest BCUT2D eigenvalue weighted by atomic mass is 10.1. The van der Waals surface area contributed by atoms with Crippen LogP contribution in [0.25, 0.3) is 0 Å². The summed E-state index contributed by atoms with van der Waals surface area (Å²) in [6.07, 6.45) is -1.01. The highest BCUT2D eigenvalue weighted by Gasteiger charge is 2.24. The number of carbonyl (C=O) groups is 4. The number of hydrogen-bond acceptors (Lipinski definition) is 6. The summed E-state index contributed by atoms with van der Waals surface area (Å²) in [6, 6.07) is 17.0. The maximum atomic E-state index is 12.5. The molecule has 2 rings (SSSR count). The Balaban J connectivity index is 1.92. The normalized spacial score (nSPS) is 11.1. The van der Waals surface area contributed by atoms with Gasteiger partial charge in [-0.2, -0.15) is 0 Å². The summed E-state index contributed by atoms with van der Waals surface area (Å²) in [7, 11) is 0. The third kappa shape index (κ3) is 8.55. The molecular formula is C22H24N2O6. The number of carbonyl (C=O) groups excluding carboxylic acids is 4. The van der Waals surface area contributed by atoms with Crippen LogP contribution in [0.15, 0.2) is 60.7 Å². The van der Waals surface area contributed by atoms with Gasteiger partial charge < -0.3 is 14.8 Å². The largest absolute Gasteiger partial charge is 0.459 e. The lowest BCUT2D eigenvalue weighted by Crippen LogP contribution is -2.43. The van der Waals surface area contributed by atoms with Crippen molar-refractivity contribution in [2.24, 2.45) is 0 Å². The molecule has 30 heavy (non-hydrogen) atoms. The van der Waals surface area contributed by atoms with Crippen LogP contribution in [0.1, 0.15) is 30.9 Å². The average molecular weight is 412 g/mol. The molecule has 2 N–H and O–H groups in total. The summed E-state index contributed by atoms with van der Waals surface area (Å²) in [5, 5.41) is 4.55. The van der Waals surface area contributed by atoms with E-state index >= 15 is 0 Å². The van der Waals surface area contributed by atoms with E-state index in [1.54, 1.807) is 24.3 Å². The zero-order chi connectivity index (χ0) is 21.8. The first-order valence-electron chi connectivity index (χ1n) is 9.42. The predicted molar refractivity (Wildman–Crippen MR) is 108 cm³/mol. The maximum absolute atomic E-state index is 12.5. The van der Waals surface area contributed by atoms with Crippen LogP contribution < -0.4 is 10.6 Å². The second-order valence-electron chi connectivity index (χ2n) is 6.50. The number of hydrogen-bond donors (Lipinski definition) is 2. The molecule has 3 amide bonds. The quantitative estimate of drug-likeness (QED) is 0.612. The summed E-state index contributed by atoms with van der Waals surface area (Å²) in [6.45, 7) is 1.27. The number of esters is 1. The van der Waals surface area contributed by atoms with Crippen molar-refractivity contribution in [1.29, 1.82) is 0 Å². The molecule has 0 saturated carbocycles. The molecule has 2 aromatic rings. The molecule has 8 heteroatoms. The van der Waals surface area contributed by atoms with Crippen LogP contribution >= 0.6 is 0 Å². The number of ether oxygens (including phenoxy) is 2. The minimum atomic E-state index is -1.10. The van der Waals surface area contributed by atoms with E-state index in [9.17, 15) is 19.2 Å². The topological polar surface area (TPSA) is 111 Å². The fraction of sp³-hybridized carbons (Fsp3) is 0.273. The molecule has 2 aromatic carbocycles. The van der Waals surface area contributed by atoms with Crippen LogP contribution in [0, 0.1) is 0 Å². The van der Waals surface area contributed by atoms with Gasteiger partial charge in [0.2, 0.25) is 11.8 Å². The van der Waals surface area contributed by atoms with Crippen LogP contribution in [0.2, 0.25) is 0 Å². The Hall–Kier alpha value is -3.68. The third-order valence-corrected chi connectivity index (χ3v) is 3.99. The third-order valence-electron chi connectivity index (χ3n) is 3.99. The van der Waals surface area contributed by atoms with E-state index in [1.165, 1.54) is 6.92 Å². The number of imide groups is 1. The standard InChI is InChI=1S/C22H24N2O6/c1-16(25)23-20(26)13-12-19(21(27)29-14-17-8-4-2-5-9-17)24-22(28)30-15-18-10-6-3-7-11-18/h2-11,19H,12-15H2,1H3,(H,24,28)(H,23,25,26). The lowest BCUT2D eigenvalue weighted by Gasteiger charge is -2.17. The zero-order valence-corrected chi connectivity index (χ0v) is 16.6. The minimum absolute atomic E-state index is 0.0244. The smallest absolute Gasteiger partial charge is 0.408 e. The zero-order valence-electron chi connectivity index (χ0n) is 16.6. The highest BCUT2D eigenvalue weighted by molar-refractivity contribution is 5.94. The number of benzene rings is 2. The molecule has 0 aliphatic carbocycles. The van der Waals surface area contributed by atoms with Crippen molar-refractivity contribution >= 4 is 23.9 Å². The first-order valence-corrected chi connectivity index (χ1v) is 9.42.